The van der Waals surface area contributed by atoms with E-state index < -0.39 is 17.6 Å². The second-order valence-corrected chi connectivity index (χ2v) is 5.81. The molecule has 2 N–H and O–H groups in total. The SMILES string of the molecule is COc1cc(N(C)C(=O)OC(C)(C)C)c(Cl)cc1C(N)=O. The summed E-state index contributed by atoms with van der Waals surface area (Å²) in [4.78, 5) is 24.6. The van der Waals surface area contributed by atoms with Crippen molar-refractivity contribution in [1.29, 1.82) is 0 Å². The molecule has 0 aliphatic heterocycles. The van der Waals surface area contributed by atoms with Crippen LogP contribution >= 0.6 is 11.6 Å². The van der Waals surface area contributed by atoms with Crippen LogP contribution in [0, 0.1) is 0 Å². The van der Waals surface area contributed by atoms with E-state index in [1.165, 1.54) is 31.2 Å². The number of primary amides is 1. The molecule has 0 saturated heterocycles. The molecule has 1 aromatic carbocycles. The first-order valence-corrected chi connectivity index (χ1v) is 6.58. The molecule has 2 amide bonds. The van der Waals surface area contributed by atoms with Crippen LogP contribution < -0.4 is 15.4 Å². The van der Waals surface area contributed by atoms with Gasteiger partial charge in [0.1, 0.15) is 11.4 Å². The minimum absolute atomic E-state index is 0.142. The van der Waals surface area contributed by atoms with Crippen molar-refractivity contribution in [1.82, 2.24) is 0 Å². The lowest BCUT2D eigenvalue weighted by atomic mass is 10.1. The minimum atomic E-state index is -0.666. The largest absolute Gasteiger partial charge is 0.496 e. The van der Waals surface area contributed by atoms with Crippen LogP contribution in [0.5, 0.6) is 5.75 Å². The number of carbonyl (C=O) groups is 2. The molecular formula is C14H19ClN2O4. The number of benzene rings is 1. The average Bonchev–Trinajstić information content (AvgIpc) is 2.35. The van der Waals surface area contributed by atoms with E-state index in [4.69, 9.17) is 26.8 Å². The Morgan fingerprint density at radius 1 is 1.29 bits per heavy atom. The lowest BCUT2D eigenvalue weighted by molar-refractivity contribution is 0.0589. The van der Waals surface area contributed by atoms with Crippen LogP contribution in [-0.4, -0.2) is 31.8 Å². The number of amides is 2. The molecule has 1 aromatic rings. The molecule has 116 valence electrons. The highest BCUT2D eigenvalue weighted by atomic mass is 35.5. The molecule has 0 bridgehead atoms. The zero-order chi connectivity index (χ0) is 16.4. The lowest BCUT2D eigenvalue weighted by Gasteiger charge is -2.25. The first kappa shape index (κ1) is 17.1. The van der Waals surface area contributed by atoms with E-state index in [2.05, 4.69) is 0 Å². The van der Waals surface area contributed by atoms with E-state index in [0.29, 0.717) is 5.69 Å². The van der Waals surface area contributed by atoms with Crippen LogP contribution in [-0.2, 0) is 4.74 Å². The van der Waals surface area contributed by atoms with Gasteiger partial charge in [0.15, 0.2) is 0 Å². The van der Waals surface area contributed by atoms with Crippen LogP contribution in [0.4, 0.5) is 10.5 Å². The van der Waals surface area contributed by atoms with E-state index in [1.807, 2.05) is 0 Å². The molecule has 0 fully saturated rings. The molecule has 0 unspecified atom stereocenters. The van der Waals surface area contributed by atoms with Gasteiger partial charge < -0.3 is 15.2 Å². The Labute approximate surface area is 128 Å². The third-order valence-electron chi connectivity index (χ3n) is 2.56. The summed E-state index contributed by atoms with van der Waals surface area (Å²) in [6.07, 6.45) is -0.571. The first-order chi connectivity index (χ1) is 9.56. The zero-order valence-corrected chi connectivity index (χ0v) is 13.4. The maximum Gasteiger partial charge on any atom is 0.414 e. The van der Waals surface area contributed by atoms with Gasteiger partial charge in [-0.05, 0) is 26.8 Å². The number of hydrogen-bond acceptors (Lipinski definition) is 4. The van der Waals surface area contributed by atoms with Crippen molar-refractivity contribution in [2.24, 2.45) is 5.73 Å². The quantitative estimate of drug-likeness (QED) is 0.930. The first-order valence-electron chi connectivity index (χ1n) is 6.21. The van der Waals surface area contributed by atoms with Crippen LogP contribution in [0.15, 0.2) is 12.1 Å². The molecule has 0 atom stereocenters. The summed E-state index contributed by atoms with van der Waals surface area (Å²) in [5, 5.41) is 0.193. The second kappa shape index (κ2) is 6.22. The van der Waals surface area contributed by atoms with Crippen molar-refractivity contribution in [2.75, 3.05) is 19.1 Å². The van der Waals surface area contributed by atoms with Gasteiger partial charge >= 0.3 is 6.09 Å². The number of nitrogens with two attached hydrogens (primary N) is 1. The van der Waals surface area contributed by atoms with E-state index in [0.717, 1.165) is 0 Å². The van der Waals surface area contributed by atoms with Crippen LogP contribution in [0.1, 0.15) is 31.1 Å². The molecule has 7 heteroatoms. The van der Waals surface area contributed by atoms with Gasteiger partial charge in [-0.15, -0.1) is 0 Å². The number of methoxy groups -OCH3 is 1. The third-order valence-corrected chi connectivity index (χ3v) is 2.87. The number of ether oxygens (including phenoxy) is 2. The van der Waals surface area contributed by atoms with Crippen LogP contribution in [0.25, 0.3) is 0 Å². The van der Waals surface area contributed by atoms with Crippen molar-refractivity contribution in [2.45, 2.75) is 26.4 Å². The summed E-state index contributed by atoms with van der Waals surface area (Å²) in [5.41, 5.74) is 5.11. The predicted molar refractivity (Wildman–Crippen MR) is 81.2 cm³/mol. The molecule has 0 spiro atoms. The van der Waals surface area contributed by atoms with Crippen LogP contribution in [0.3, 0.4) is 0 Å². The Morgan fingerprint density at radius 3 is 2.29 bits per heavy atom. The van der Waals surface area contributed by atoms with Crippen molar-refractivity contribution >= 4 is 29.3 Å². The number of rotatable bonds is 3. The fourth-order valence-electron chi connectivity index (χ4n) is 1.59. The van der Waals surface area contributed by atoms with Crippen molar-refractivity contribution in [3.63, 3.8) is 0 Å². The number of carbonyl (C=O) groups excluding carboxylic acids is 2. The van der Waals surface area contributed by atoms with Gasteiger partial charge in [-0.1, -0.05) is 11.6 Å². The molecule has 0 saturated carbocycles. The number of hydrogen-bond donors (Lipinski definition) is 1. The maximum absolute atomic E-state index is 12.0. The second-order valence-electron chi connectivity index (χ2n) is 5.41. The predicted octanol–water partition coefficient (Wildman–Crippen LogP) is 2.82. The maximum atomic E-state index is 12.0. The Kier molecular flexibility index (Phi) is 5.06. The highest BCUT2D eigenvalue weighted by Gasteiger charge is 2.23. The number of nitrogens with zero attached hydrogens (tertiary/aromatic N) is 1. The topological polar surface area (TPSA) is 81.9 Å². The van der Waals surface area contributed by atoms with Gasteiger partial charge in [0.2, 0.25) is 0 Å². The molecule has 0 aliphatic carbocycles. The summed E-state index contributed by atoms with van der Waals surface area (Å²) in [5.74, 6) is -0.433. The summed E-state index contributed by atoms with van der Waals surface area (Å²) < 4.78 is 10.4. The van der Waals surface area contributed by atoms with E-state index >= 15 is 0 Å². The van der Waals surface area contributed by atoms with E-state index in [-0.39, 0.29) is 16.3 Å². The van der Waals surface area contributed by atoms with Gasteiger partial charge in [0.25, 0.3) is 5.91 Å². The fraction of sp³-hybridized carbons (Fsp3) is 0.429. The summed E-state index contributed by atoms with van der Waals surface area (Å²) in [6, 6.07) is 2.82. The zero-order valence-electron chi connectivity index (χ0n) is 12.7. The molecule has 0 aliphatic rings. The Hall–Kier alpha value is -1.95. The van der Waals surface area contributed by atoms with Gasteiger partial charge in [0, 0.05) is 13.1 Å². The molecule has 1 rings (SSSR count). The number of anilines is 1. The normalized spacial score (nSPS) is 11.0. The van der Waals surface area contributed by atoms with Gasteiger partial charge in [0.05, 0.1) is 23.4 Å². The van der Waals surface area contributed by atoms with Gasteiger partial charge in [-0.25, -0.2) is 4.79 Å². The summed E-state index contributed by atoms with van der Waals surface area (Å²) in [7, 11) is 2.91. The molecule has 0 heterocycles. The monoisotopic (exact) mass is 314 g/mol. The van der Waals surface area contributed by atoms with Crippen molar-refractivity contribution in [3.8, 4) is 5.75 Å². The molecule has 21 heavy (non-hydrogen) atoms. The van der Waals surface area contributed by atoms with Crippen molar-refractivity contribution in [3.05, 3.63) is 22.7 Å². The Balaban J connectivity index is 3.19. The average molecular weight is 315 g/mol. The number of halogens is 1. The molecular weight excluding hydrogens is 296 g/mol. The Morgan fingerprint density at radius 2 is 1.86 bits per heavy atom. The molecule has 0 radical (unpaired) electrons. The fourth-order valence-corrected chi connectivity index (χ4v) is 1.88. The minimum Gasteiger partial charge on any atom is -0.496 e. The van der Waals surface area contributed by atoms with Gasteiger partial charge in [-0.3, -0.25) is 9.69 Å². The Bertz CT molecular complexity index is 567. The smallest absolute Gasteiger partial charge is 0.414 e. The highest BCUT2D eigenvalue weighted by molar-refractivity contribution is 6.34. The highest BCUT2D eigenvalue weighted by Crippen LogP contribution is 2.33. The van der Waals surface area contributed by atoms with Gasteiger partial charge in [-0.2, -0.15) is 0 Å². The van der Waals surface area contributed by atoms with Crippen molar-refractivity contribution < 1.29 is 19.1 Å². The lowest BCUT2D eigenvalue weighted by Crippen LogP contribution is -2.34. The summed E-state index contributed by atoms with van der Waals surface area (Å²) in [6.45, 7) is 5.28. The third kappa shape index (κ3) is 4.26. The van der Waals surface area contributed by atoms with E-state index in [9.17, 15) is 9.59 Å². The molecule has 6 nitrogen and oxygen atoms in total. The van der Waals surface area contributed by atoms with Crippen LogP contribution in [0.2, 0.25) is 5.02 Å². The molecule has 0 aromatic heterocycles. The van der Waals surface area contributed by atoms with E-state index in [1.54, 1.807) is 20.8 Å². The standard InChI is InChI=1S/C14H19ClN2O4/c1-14(2,3)21-13(19)17(4)10-7-11(20-5)8(12(16)18)6-9(10)15/h6-7H,1-5H3,(H2,16,18). The summed E-state index contributed by atoms with van der Waals surface area (Å²) >= 11 is 6.10.